The van der Waals surface area contributed by atoms with Crippen molar-refractivity contribution in [3.05, 3.63) is 59.7 Å². The highest BCUT2D eigenvalue weighted by atomic mass is 19.4. The SMILES string of the molecule is CC1(C)NC(=O)N(CCCC(=O)Nc2cccc(C(=O)Nc3cccc(C(F)(F)F)c3)c2)C1=O. The van der Waals surface area contributed by atoms with Crippen LogP contribution in [0.15, 0.2) is 48.5 Å². The standard InChI is InChI=1S/C23H23F3N4O4/c1-22(2)20(33)30(21(34)29-22)11-5-10-18(31)27-16-8-3-6-14(12-16)19(32)28-17-9-4-7-15(13-17)23(24,25)26/h3-4,6-9,12-13H,5,10-11H2,1-2H3,(H,27,31)(H,28,32)(H,29,34). The van der Waals surface area contributed by atoms with E-state index in [2.05, 4.69) is 16.0 Å². The van der Waals surface area contributed by atoms with E-state index in [0.717, 1.165) is 17.0 Å². The van der Waals surface area contributed by atoms with Crippen molar-refractivity contribution < 1.29 is 32.3 Å². The van der Waals surface area contributed by atoms with Gasteiger partial charge >= 0.3 is 12.2 Å². The molecule has 5 amide bonds. The summed E-state index contributed by atoms with van der Waals surface area (Å²) in [6, 6.07) is 9.67. The predicted molar refractivity (Wildman–Crippen MR) is 118 cm³/mol. The number of nitrogens with zero attached hydrogens (tertiary/aromatic N) is 1. The molecule has 0 atom stereocenters. The molecule has 1 fully saturated rings. The molecule has 1 saturated heterocycles. The number of amides is 5. The highest BCUT2D eigenvalue weighted by Gasteiger charge is 2.43. The molecule has 0 spiro atoms. The molecule has 0 aromatic heterocycles. The lowest BCUT2D eigenvalue weighted by Crippen LogP contribution is -2.40. The molecular weight excluding hydrogens is 453 g/mol. The second-order valence-electron chi connectivity index (χ2n) is 8.28. The number of hydrogen-bond acceptors (Lipinski definition) is 4. The number of nitrogens with one attached hydrogen (secondary N) is 3. The third-order valence-electron chi connectivity index (χ3n) is 5.09. The number of hydrogen-bond donors (Lipinski definition) is 3. The Morgan fingerprint density at radius 1 is 1.00 bits per heavy atom. The Morgan fingerprint density at radius 2 is 1.65 bits per heavy atom. The van der Waals surface area contributed by atoms with Crippen LogP contribution in [0.2, 0.25) is 0 Å². The Morgan fingerprint density at radius 3 is 2.26 bits per heavy atom. The average molecular weight is 476 g/mol. The van der Waals surface area contributed by atoms with Crippen molar-refractivity contribution >= 4 is 35.1 Å². The van der Waals surface area contributed by atoms with Gasteiger partial charge in [0.2, 0.25) is 5.91 Å². The Balaban J connectivity index is 1.55. The maximum absolute atomic E-state index is 12.9. The number of carbonyl (C=O) groups is 4. The fourth-order valence-corrected chi connectivity index (χ4v) is 3.36. The Labute approximate surface area is 193 Å². The molecule has 0 unspecified atom stereocenters. The number of anilines is 2. The van der Waals surface area contributed by atoms with Gasteiger partial charge in [-0.25, -0.2) is 4.79 Å². The zero-order chi connectivity index (χ0) is 25.1. The zero-order valence-corrected chi connectivity index (χ0v) is 18.5. The number of benzene rings is 2. The van der Waals surface area contributed by atoms with E-state index in [9.17, 15) is 32.3 Å². The van der Waals surface area contributed by atoms with Crippen molar-refractivity contribution in [2.45, 2.75) is 38.4 Å². The number of halogens is 3. The number of carbonyl (C=O) groups excluding carboxylic acids is 4. The van der Waals surface area contributed by atoms with E-state index in [1.165, 1.54) is 30.3 Å². The minimum atomic E-state index is -4.53. The van der Waals surface area contributed by atoms with Crippen LogP contribution in [-0.4, -0.2) is 40.7 Å². The van der Waals surface area contributed by atoms with Crippen LogP contribution in [0.4, 0.5) is 29.3 Å². The van der Waals surface area contributed by atoms with Gasteiger partial charge < -0.3 is 16.0 Å². The molecule has 11 heteroatoms. The lowest BCUT2D eigenvalue weighted by Gasteiger charge is -2.15. The van der Waals surface area contributed by atoms with Crippen LogP contribution in [0.5, 0.6) is 0 Å². The van der Waals surface area contributed by atoms with Crippen LogP contribution in [0.3, 0.4) is 0 Å². The Hall–Kier alpha value is -3.89. The number of alkyl halides is 3. The lowest BCUT2D eigenvalue weighted by molar-refractivity contribution is -0.137. The van der Waals surface area contributed by atoms with Crippen molar-refractivity contribution in [2.24, 2.45) is 0 Å². The molecule has 0 aliphatic carbocycles. The number of imide groups is 1. The largest absolute Gasteiger partial charge is 0.416 e. The van der Waals surface area contributed by atoms with E-state index in [0.29, 0.717) is 5.69 Å². The van der Waals surface area contributed by atoms with E-state index in [1.807, 2.05) is 0 Å². The van der Waals surface area contributed by atoms with Crippen molar-refractivity contribution in [1.29, 1.82) is 0 Å². The Kier molecular flexibility index (Phi) is 6.94. The van der Waals surface area contributed by atoms with Crippen LogP contribution in [0, 0.1) is 0 Å². The summed E-state index contributed by atoms with van der Waals surface area (Å²) < 4.78 is 38.6. The van der Waals surface area contributed by atoms with Gasteiger partial charge in [-0.15, -0.1) is 0 Å². The summed E-state index contributed by atoms with van der Waals surface area (Å²) in [5.41, 5.74) is -1.43. The smallest absolute Gasteiger partial charge is 0.326 e. The molecule has 0 saturated carbocycles. The first-order valence-corrected chi connectivity index (χ1v) is 10.4. The molecule has 2 aromatic rings. The molecule has 3 rings (SSSR count). The molecule has 1 aliphatic heterocycles. The van der Waals surface area contributed by atoms with Crippen LogP contribution in [-0.2, 0) is 15.8 Å². The predicted octanol–water partition coefficient (Wildman–Crippen LogP) is 4.01. The molecule has 8 nitrogen and oxygen atoms in total. The van der Waals surface area contributed by atoms with E-state index >= 15 is 0 Å². The summed E-state index contributed by atoms with van der Waals surface area (Å²) in [4.78, 5) is 49.8. The maximum Gasteiger partial charge on any atom is 0.416 e. The average Bonchev–Trinajstić information content (AvgIpc) is 2.95. The molecule has 180 valence electrons. The Bertz CT molecular complexity index is 1130. The van der Waals surface area contributed by atoms with Crippen molar-refractivity contribution in [2.75, 3.05) is 17.2 Å². The van der Waals surface area contributed by atoms with Gasteiger partial charge in [-0.05, 0) is 56.7 Å². The monoisotopic (exact) mass is 476 g/mol. The first-order chi connectivity index (χ1) is 15.9. The van der Waals surface area contributed by atoms with Crippen molar-refractivity contribution in [3.63, 3.8) is 0 Å². The highest BCUT2D eigenvalue weighted by molar-refractivity contribution is 6.07. The molecule has 2 aromatic carbocycles. The lowest BCUT2D eigenvalue weighted by atomic mass is 10.1. The molecule has 1 aliphatic rings. The number of rotatable bonds is 7. The second-order valence-corrected chi connectivity index (χ2v) is 8.28. The summed E-state index contributed by atoms with van der Waals surface area (Å²) in [5.74, 6) is -1.39. The van der Waals surface area contributed by atoms with Crippen LogP contribution in [0.25, 0.3) is 0 Å². The van der Waals surface area contributed by atoms with Gasteiger partial charge in [-0.3, -0.25) is 19.3 Å². The van der Waals surface area contributed by atoms with Gasteiger partial charge in [0.1, 0.15) is 5.54 Å². The van der Waals surface area contributed by atoms with E-state index < -0.39 is 29.2 Å². The van der Waals surface area contributed by atoms with Gasteiger partial charge in [0.05, 0.1) is 5.56 Å². The molecule has 34 heavy (non-hydrogen) atoms. The maximum atomic E-state index is 12.9. The highest BCUT2D eigenvalue weighted by Crippen LogP contribution is 2.30. The normalized spacial score (nSPS) is 15.1. The van der Waals surface area contributed by atoms with Crippen LogP contribution < -0.4 is 16.0 Å². The minimum Gasteiger partial charge on any atom is -0.326 e. The molecular formula is C23H23F3N4O4. The van der Waals surface area contributed by atoms with E-state index in [4.69, 9.17) is 0 Å². The topological polar surface area (TPSA) is 108 Å². The van der Waals surface area contributed by atoms with Gasteiger partial charge in [0, 0.05) is 29.9 Å². The van der Waals surface area contributed by atoms with Gasteiger partial charge in [0.15, 0.2) is 0 Å². The minimum absolute atomic E-state index is 0.0158. The summed E-state index contributed by atoms with van der Waals surface area (Å²) in [5, 5.41) is 7.59. The molecule has 0 radical (unpaired) electrons. The summed E-state index contributed by atoms with van der Waals surface area (Å²) in [7, 11) is 0. The third kappa shape index (κ3) is 5.91. The quantitative estimate of drug-likeness (QED) is 0.525. The van der Waals surface area contributed by atoms with Gasteiger partial charge in [0.25, 0.3) is 11.8 Å². The first-order valence-electron chi connectivity index (χ1n) is 10.4. The molecule has 1 heterocycles. The fourth-order valence-electron chi connectivity index (χ4n) is 3.36. The third-order valence-corrected chi connectivity index (χ3v) is 5.09. The van der Waals surface area contributed by atoms with Crippen molar-refractivity contribution in [3.8, 4) is 0 Å². The fraction of sp³-hybridized carbons (Fsp3) is 0.304. The second kappa shape index (κ2) is 9.54. The van der Waals surface area contributed by atoms with Crippen LogP contribution in [0.1, 0.15) is 42.6 Å². The van der Waals surface area contributed by atoms with E-state index in [-0.39, 0.29) is 42.5 Å². The van der Waals surface area contributed by atoms with Crippen molar-refractivity contribution in [1.82, 2.24) is 10.2 Å². The molecule has 0 bridgehead atoms. The molecule has 3 N–H and O–H groups in total. The summed E-state index contributed by atoms with van der Waals surface area (Å²) in [6.07, 6.45) is -4.26. The summed E-state index contributed by atoms with van der Waals surface area (Å²) >= 11 is 0. The zero-order valence-electron chi connectivity index (χ0n) is 18.5. The first kappa shape index (κ1) is 24.7. The van der Waals surface area contributed by atoms with Gasteiger partial charge in [-0.2, -0.15) is 13.2 Å². The number of urea groups is 1. The van der Waals surface area contributed by atoms with E-state index in [1.54, 1.807) is 19.9 Å². The van der Waals surface area contributed by atoms with Gasteiger partial charge in [-0.1, -0.05) is 12.1 Å². The summed E-state index contributed by atoms with van der Waals surface area (Å²) in [6.45, 7) is 3.27. The van der Waals surface area contributed by atoms with Crippen LogP contribution >= 0.6 is 0 Å².